The van der Waals surface area contributed by atoms with Gasteiger partial charge in [-0.25, -0.2) is 4.79 Å². The van der Waals surface area contributed by atoms with E-state index in [9.17, 15) is 14.7 Å². The number of carbonyl (C=O) groups is 2. The van der Waals surface area contributed by atoms with Crippen molar-refractivity contribution in [1.82, 2.24) is 10.2 Å². The predicted octanol–water partition coefficient (Wildman–Crippen LogP) is 6.35. The molecule has 1 aliphatic rings. The van der Waals surface area contributed by atoms with Gasteiger partial charge in [0.05, 0.1) is 0 Å². The highest BCUT2D eigenvalue weighted by atomic mass is 32.2. The van der Waals surface area contributed by atoms with Gasteiger partial charge in [-0.05, 0) is 91.3 Å². The lowest BCUT2D eigenvalue weighted by molar-refractivity contribution is -0.139. The van der Waals surface area contributed by atoms with Crippen LogP contribution in [0.4, 0.5) is 0 Å². The number of aryl methyl sites for hydroxylation is 1. The molecule has 1 saturated heterocycles. The van der Waals surface area contributed by atoms with Crippen molar-refractivity contribution < 1.29 is 14.7 Å². The summed E-state index contributed by atoms with van der Waals surface area (Å²) in [5, 5.41) is 13.0. The predicted molar refractivity (Wildman–Crippen MR) is 159 cm³/mol. The van der Waals surface area contributed by atoms with Crippen LogP contribution in [0.25, 0.3) is 11.1 Å². The number of nitrogens with one attached hydrogen (secondary N) is 1. The van der Waals surface area contributed by atoms with E-state index in [1.54, 1.807) is 11.8 Å². The van der Waals surface area contributed by atoms with Crippen LogP contribution in [0.2, 0.25) is 0 Å². The van der Waals surface area contributed by atoms with E-state index in [1.165, 1.54) is 17.7 Å². The molecule has 0 radical (unpaired) electrons. The number of hydrogen-bond donors (Lipinski definition) is 2. The Bertz CT molecular complexity index is 1230. The topological polar surface area (TPSA) is 69.6 Å². The number of benzene rings is 3. The number of carbonyl (C=O) groups excluding carboxylic acids is 1. The number of amides is 1. The molecule has 0 bridgehead atoms. The largest absolute Gasteiger partial charge is 0.480 e. The molecule has 0 aliphatic carbocycles. The van der Waals surface area contributed by atoms with E-state index >= 15 is 0 Å². The zero-order chi connectivity index (χ0) is 26.9. The second kappa shape index (κ2) is 13.9. The first-order chi connectivity index (χ1) is 18.4. The number of carboxylic acid groups (broad SMARTS) is 1. The fourth-order valence-corrected chi connectivity index (χ4v) is 6.66. The number of piperidine rings is 1. The summed E-state index contributed by atoms with van der Waals surface area (Å²) in [6, 6.07) is 23.7. The van der Waals surface area contributed by atoms with Crippen LogP contribution in [-0.2, 0) is 11.3 Å². The van der Waals surface area contributed by atoms with E-state index in [4.69, 9.17) is 0 Å². The Kier molecular flexibility index (Phi) is 10.3. The van der Waals surface area contributed by atoms with Crippen molar-refractivity contribution in [3.8, 4) is 11.1 Å². The molecular formula is C31H36N2O3S2. The van der Waals surface area contributed by atoms with Crippen LogP contribution in [0.3, 0.4) is 0 Å². The Labute approximate surface area is 234 Å². The van der Waals surface area contributed by atoms with Crippen molar-refractivity contribution in [3.05, 3.63) is 89.5 Å². The molecule has 3 aromatic rings. The number of rotatable bonds is 11. The summed E-state index contributed by atoms with van der Waals surface area (Å²) in [6.07, 6.45) is 4.70. The van der Waals surface area contributed by atoms with Gasteiger partial charge in [0.15, 0.2) is 0 Å². The van der Waals surface area contributed by atoms with Gasteiger partial charge >= 0.3 is 5.97 Å². The van der Waals surface area contributed by atoms with Crippen molar-refractivity contribution >= 4 is 35.4 Å². The molecule has 5 nitrogen and oxygen atoms in total. The fraction of sp³-hybridized carbons (Fsp3) is 0.355. The van der Waals surface area contributed by atoms with Gasteiger partial charge in [-0.1, -0.05) is 48.5 Å². The van der Waals surface area contributed by atoms with E-state index in [-0.39, 0.29) is 5.91 Å². The minimum atomic E-state index is -1.01. The van der Waals surface area contributed by atoms with E-state index < -0.39 is 12.0 Å². The van der Waals surface area contributed by atoms with E-state index in [0.717, 1.165) is 41.9 Å². The average molecular weight is 549 g/mol. The zero-order valence-corrected chi connectivity index (χ0v) is 23.7. The Morgan fingerprint density at radius 1 is 1.05 bits per heavy atom. The van der Waals surface area contributed by atoms with Crippen LogP contribution < -0.4 is 5.32 Å². The fourth-order valence-electron chi connectivity index (χ4n) is 4.92. The summed E-state index contributed by atoms with van der Waals surface area (Å²) in [7, 11) is 0. The van der Waals surface area contributed by atoms with Gasteiger partial charge in [0.2, 0.25) is 0 Å². The smallest absolute Gasteiger partial charge is 0.326 e. The van der Waals surface area contributed by atoms with E-state index in [0.29, 0.717) is 23.0 Å². The Morgan fingerprint density at radius 3 is 2.55 bits per heavy atom. The standard InChI is InChI=1S/C31H36N2O3S2/c1-22-9-6-7-13-26(22)28-19-23(14-15-27(28)30(34)32-29(31(35)36)16-18-37-2)20-33-17-8-12-25(21-33)38-24-10-4-3-5-11-24/h3-7,9-11,13-15,19,25,29H,8,12,16-18,20-21H2,1-2H3,(H,32,34)(H,35,36). The molecule has 0 saturated carbocycles. The van der Waals surface area contributed by atoms with Gasteiger partial charge in [-0.2, -0.15) is 11.8 Å². The molecule has 2 atom stereocenters. The SMILES string of the molecule is CSCCC(NC(=O)c1ccc(CN2CCCC(Sc3ccccc3)C2)cc1-c1ccccc1C)C(=O)O. The van der Waals surface area contributed by atoms with Gasteiger partial charge in [0.25, 0.3) is 5.91 Å². The van der Waals surface area contributed by atoms with Crippen LogP contribution in [0.1, 0.15) is 40.7 Å². The van der Waals surface area contributed by atoms with Gasteiger partial charge in [0.1, 0.15) is 6.04 Å². The highest BCUT2D eigenvalue weighted by Crippen LogP contribution is 2.32. The molecule has 1 fully saturated rings. The van der Waals surface area contributed by atoms with Gasteiger partial charge in [-0.3, -0.25) is 9.69 Å². The van der Waals surface area contributed by atoms with Gasteiger partial charge in [0, 0.05) is 28.8 Å². The monoisotopic (exact) mass is 548 g/mol. The number of thioether (sulfide) groups is 2. The van der Waals surface area contributed by atoms with Crippen molar-refractivity contribution in [2.24, 2.45) is 0 Å². The normalized spacial score (nSPS) is 16.6. The highest BCUT2D eigenvalue weighted by Gasteiger charge is 2.24. The number of aliphatic carboxylic acids is 1. The third kappa shape index (κ3) is 7.65. The quantitative estimate of drug-likeness (QED) is 0.291. The molecule has 38 heavy (non-hydrogen) atoms. The summed E-state index contributed by atoms with van der Waals surface area (Å²) in [5.41, 5.74) is 4.58. The first-order valence-electron chi connectivity index (χ1n) is 13.1. The van der Waals surface area contributed by atoms with E-state index in [1.807, 2.05) is 61.3 Å². The molecule has 4 rings (SSSR count). The molecule has 1 heterocycles. The second-order valence-corrected chi connectivity index (χ2v) is 12.1. The Hall–Kier alpha value is -2.74. The lowest BCUT2D eigenvalue weighted by Crippen LogP contribution is -2.41. The summed E-state index contributed by atoms with van der Waals surface area (Å²) in [5.74, 6) is -0.685. The highest BCUT2D eigenvalue weighted by molar-refractivity contribution is 8.00. The maximum atomic E-state index is 13.4. The average Bonchev–Trinajstić information content (AvgIpc) is 2.92. The summed E-state index contributed by atoms with van der Waals surface area (Å²) < 4.78 is 0. The van der Waals surface area contributed by atoms with Crippen LogP contribution >= 0.6 is 23.5 Å². The second-order valence-electron chi connectivity index (χ2n) is 9.77. The molecule has 1 amide bonds. The van der Waals surface area contributed by atoms with Gasteiger partial charge in [-0.15, -0.1) is 11.8 Å². The van der Waals surface area contributed by atoms with Gasteiger partial charge < -0.3 is 10.4 Å². The van der Waals surface area contributed by atoms with Crippen molar-refractivity contribution in [2.45, 2.75) is 48.9 Å². The minimum Gasteiger partial charge on any atom is -0.480 e. The van der Waals surface area contributed by atoms with Crippen LogP contribution in [-0.4, -0.2) is 58.3 Å². The first-order valence-corrected chi connectivity index (χ1v) is 15.4. The maximum absolute atomic E-state index is 13.4. The zero-order valence-electron chi connectivity index (χ0n) is 22.1. The van der Waals surface area contributed by atoms with Crippen molar-refractivity contribution in [2.75, 3.05) is 25.1 Å². The molecule has 200 valence electrons. The minimum absolute atomic E-state index is 0.347. The molecular weight excluding hydrogens is 512 g/mol. The third-order valence-corrected chi connectivity index (χ3v) is 8.80. The van der Waals surface area contributed by atoms with Crippen molar-refractivity contribution in [1.29, 1.82) is 0 Å². The number of nitrogens with zero attached hydrogens (tertiary/aromatic N) is 1. The van der Waals surface area contributed by atoms with Crippen molar-refractivity contribution in [3.63, 3.8) is 0 Å². The van der Waals surface area contributed by atoms with E-state index in [2.05, 4.69) is 46.6 Å². The molecule has 2 N–H and O–H groups in total. The number of carboxylic acids is 1. The third-order valence-electron chi connectivity index (χ3n) is 6.89. The molecule has 7 heteroatoms. The lowest BCUT2D eigenvalue weighted by atomic mass is 9.93. The molecule has 2 unspecified atom stereocenters. The number of hydrogen-bond acceptors (Lipinski definition) is 5. The molecule has 1 aliphatic heterocycles. The van der Waals surface area contributed by atoms with Crippen LogP contribution in [0.5, 0.6) is 0 Å². The Balaban J connectivity index is 1.55. The summed E-state index contributed by atoms with van der Waals surface area (Å²) in [4.78, 5) is 28.9. The maximum Gasteiger partial charge on any atom is 0.326 e. The molecule has 3 aromatic carbocycles. The van der Waals surface area contributed by atoms with Crippen LogP contribution in [0, 0.1) is 6.92 Å². The first kappa shape index (κ1) is 28.3. The Morgan fingerprint density at radius 2 is 1.82 bits per heavy atom. The summed E-state index contributed by atoms with van der Waals surface area (Å²) >= 11 is 3.53. The molecule has 0 spiro atoms. The number of likely N-dealkylation sites (tertiary alicyclic amines) is 1. The molecule has 0 aromatic heterocycles. The lowest BCUT2D eigenvalue weighted by Gasteiger charge is -2.32. The summed E-state index contributed by atoms with van der Waals surface area (Å²) in [6.45, 7) is 4.94. The van der Waals surface area contributed by atoms with Crippen LogP contribution in [0.15, 0.2) is 77.7 Å².